The van der Waals surface area contributed by atoms with E-state index in [1.807, 2.05) is 0 Å². The smallest absolute Gasteiger partial charge is 0.246 e. The summed E-state index contributed by atoms with van der Waals surface area (Å²) in [6.45, 7) is 6.92. The van der Waals surface area contributed by atoms with E-state index in [4.69, 9.17) is 9.52 Å². The van der Waals surface area contributed by atoms with Crippen LogP contribution in [0, 0.1) is 6.92 Å². The van der Waals surface area contributed by atoms with Gasteiger partial charge in [0, 0.05) is 19.7 Å². The molecule has 1 N–H and O–H groups in total. The van der Waals surface area contributed by atoms with E-state index < -0.39 is 10.0 Å². The molecule has 0 atom stereocenters. The summed E-state index contributed by atoms with van der Waals surface area (Å²) in [5.41, 5.74) is 0.750. The Morgan fingerprint density at radius 2 is 2.18 bits per heavy atom. The van der Waals surface area contributed by atoms with Crippen molar-refractivity contribution in [1.82, 2.24) is 4.31 Å². The van der Waals surface area contributed by atoms with Gasteiger partial charge in [0.2, 0.25) is 10.0 Å². The predicted octanol–water partition coefficient (Wildman–Crippen LogP) is 1.28. The van der Waals surface area contributed by atoms with Gasteiger partial charge in [-0.2, -0.15) is 4.31 Å². The van der Waals surface area contributed by atoms with E-state index in [0.717, 1.165) is 5.57 Å². The second kappa shape index (κ2) is 5.03. The number of nitrogens with zero attached hydrogens (tertiary/aromatic N) is 1. The maximum Gasteiger partial charge on any atom is 0.246 e. The zero-order valence-electron chi connectivity index (χ0n) is 10.2. The minimum atomic E-state index is -3.59. The van der Waals surface area contributed by atoms with Crippen LogP contribution in [0.4, 0.5) is 0 Å². The highest BCUT2D eigenvalue weighted by Crippen LogP contribution is 2.23. The van der Waals surface area contributed by atoms with Crippen molar-refractivity contribution < 1.29 is 17.9 Å². The van der Waals surface area contributed by atoms with Crippen molar-refractivity contribution in [2.75, 3.05) is 13.6 Å². The number of furan rings is 1. The molecule has 0 unspecified atom stereocenters. The van der Waals surface area contributed by atoms with Gasteiger partial charge in [-0.15, -0.1) is 0 Å². The van der Waals surface area contributed by atoms with Gasteiger partial charge in [-0.25, -0.2) is 8.42 Å². The van der Waals surface area contributed by atoms with Crippen LogP contribution < -0.4 is 0 Å². The lowest BCUT2D eigenvalue weighted by Gasteiger charge is -2.16. The van der Waals surface area contributed by atoms with Crippen LogP contribution in [0.3, 0.4) is 0 Å². The van der Waals surface area contributed by atoms with Crippen molar-refractivity contribution >= 4 is 10.0 Å². The number of rotatable bonds is 5. The lowest BCUT2D eigenvalue weighted by atomic mass is 10.4. The Kier molecular flexibility index (Phi) is 4.13. The van der Waals surface area contributed by atoms with Gasteiger partial charge >= 0.3 is 0 Å². The maximum absolute atomic E-state index is 12.2. The first kappa shape index (κ1) is 14.0. The third-order valence-corrected chi connectivity index (χ3v) is 4.17. The second-order valence-corrected chi connectivity index (χ2v) is 6.02. The quantitative estimate of drug-likeness (QED) is 0.809. The molecule has 0 spiro atoms. The third kappa shape index (κ3) is 2.96. The van der Waals surface area contributed by atoms with Crippen LogP contribution in [-0.2, 0) is 16.6 Å². The fourth-order valence-electron chi connectivity index (χ4n) is 1.49. The first-order valence-corrected chi connectivity index (χ1v) is 6.54. The molecular weight excluding hydrogens is 242 g/mol. The number of hydrogen-bond donors (Lipinski definition) is 1. The molecule has 1 rings (SSSR count). The van der Waals surface area contributed by atoms with E-state index in [1.165, 1.54) is 17.4 Å². The van der Waals surface area contributed by atoms with E-state index in [1.54, 1.807) is 13.8 Å². The number of sulfonamides is 1. The Morgan fingerprint density at radius 3 is 2.59 bits per heavy atom. The number of likely N-dealkylation sites (N-methyl/N-ethyl adjacent to an activating group) is 1. The molecule has 0 aliphatic heterocycles. The van der Waals surface area contributed by atoms with Crippen LogP contribution >= 0.6 is 0 Å². The van der Waals surface area contributed by atoms with Crippen molar-refractivity contribution in [1.29, 1.82) is 0 Å². The fourth-order valence-corrected chi connectivity index (χ4v) is 2.90. The molecule has 96 valence electrons. The van der Waals surface area contributed by atoms with Crippen molar-refractivity contribution in [2.45, 2.75) is 25.3 Å². The normalized spacial score (nSPS) is 12.1. The lowest BCUT2D eigenvalue weighted by molar-refractivity contribution is 0.244. The van der Waals surface area contributed by atoms with E-state index in [-0.39, 0.29) is 29.6 Å². The van der Waals surface area contributed by atoms with Gasteiger partial charge in [-0.05, 0) is 13.8 Å². The summed E-state index contributed by atoms with van der Waals surface area (Å²) < 4.78 is 30.7. The maximum atomic E-state index is 12.2. The molecule has 1 heterocycles. The molecule has 0 bridgehead atoms. The van der Waals surface area contributed by atoms with Gasteiger partial charge in [0.15, 0.2) is 0 Å². The molecule has 0 aromatic carbocycles. The predicted molar refractivity (Wildman–Crippen MR) is 64.0 cm³/mol. The van der Waals surface area contributed by atoms with Gasteiger partial charge in [0.05, 0.1) is 0 Å². The Balaban J connectivity index is 3.12. The molecular formula is C11H17NO4S. The standard InChI is InChI=1S/C11H17NO4S/c1-8(2)6-12(4)17(14,15)11-5-10(7-13)16-9(11)3/h5,13H,1,6-7H2,2-4H3. The molecule has 17 heavy (non-hydrogen) atoms. The van der Waals surface area contributed by atoms with Crippen LogP contribution in [0.25, 0.3) is 0 Å². The lowest BCUT2D eigenvalue weighted by Crippen LogP contribution is -2.28. The minimum Gasteiger partial charge on any atom is -0.462 e. The van der Waals surface area contributed by atoms with Crippen LogP contribution in [0.5, 0.6) is 0 Å². The second-order valence-electron chi connectivity index (χ2n) is 4.01. The summed E-state index contributed by atoms with van der Waals surface area (Å²) in [5, 5.41) is 8.91. The first-order chi connectivity index (χ1) is 7.78. The van der Waals surface area contributed by atoms with E-state index >= 15 is 0 Å². The van der Waals surface area contributed by atoms with Crippen molar-refractivity contribution in [3.8, 4) is 0 Å². The average Bonchev–Trinajstić information content (AvgIpc) is 2.59. The molecule has 1 aromatic rings. The fraction of sp³-hybridized carbons (Fsp3) is 0.455. The largest absolute Gasteiger partial charge is 0.462 e. The Morgan fingerprint density at radius 1 is 1.59 bits per heavy atom. The van der Waals surface area contributed by atoms with Gasteiger partial charge in [-0.3, -0.25) is 0 Å². The van der Waals surface area contributed by atoms with Gasteiger partial charge in [-0.1, -0.05) is 12.2 Å². The monoisotopic (exact) mass is 259 g/mol. The summed E-state index contributed by atoms with van der Waals surface area (Å²) >= 11 is 0. The van der Waals surface area contributed by atoms with E-state index in [0.29, 0.717) is 0 Å². The number of aliphatic hydroxyl groups excluding tert-OH is 1. The van der Waals surface area contributed by atoms with Crippen molar-refractivity contribution in [2.24, 2.45) is 0 Å². The van der Waals surface area contributed by atoms with Crippen LogP contribution in [-0.4, -0.2) is 31.4 Å². The summed E-state index contributed by atoms with van der Waals surface area (Å²) in [6, 6.07) is 1.35. The Labute approximate surface area is 101 Å². The minimum absolute atomic E-state index is 0.0882. The molecule has 0 amide bonds. The molecule has 0 aliphatic carbocycles. The van der Waals surface area contributed by atoms with Crippen molar-refractivity contribution in [3.05, 3.63) is 29.7 Å². The van der Waals surface area contributed by atoms with E-state index in [9.17, 15) is 8.42 Å². The molecule has 0 saturated carbocycles. The molecule has 6 heteroatoms. The number of hydrogen-bond acceptors (Lipinski definition) is 4. The number of aryl methyl sites for hydroxylation is 1. The molecule has 0 aliphatic rings. The van der Waals surface area contributed by atoms with Crippen molar-refractivity contribution in [3.63, 3.8) is 0 Å². The highest BCUT2D eigenvalue weighted by molar-refractivity contribution is 7.89. The summed E-state index contributed by atoms with van der Waals surface area (Å²) in [7, 11) is -2.11. The zero-order valence-corrected chi connectivity index (χ0v) is 11.0. The number of aliphatic hydroxyl groups is 1. The van der Waals surface area contributed by atoms with Gasteiger partial charge in [0.25, 0.3) is 0 Å². The molecule has 0 fully saturated rings. The van der Waals surface area contributed by atoms with Crippen LogP contribution in [0.2, 0.25) is 0 Å². The topological polar surface area (TPSA) is 70.8 Å². The average molecular weight is 259 g/mol. The molecule has 0 radical (unpaired) electrons. The molecule has 1 aromatic heterocycles. The summed E-state index contributed by atoms with van der Waals surface area (Å²) in [4.78, 5) is 0.0882. The first-order valence-electron chi connectivity index (χ1n) is 5.10. The highest BCUT2D eigenvalue weighted by Gasteiger charge is 2.25. The van der Waals surface area contributed by atoms with Gasteiger partial charge < -0.3 is 9.52 Å². The zero-order chi connectivity index (χ0) is 13.2. The Bertz CT molecular complexity index is 516. The molecule has 0 saturated heterocycles. The summed E-state index contributed by atoms with van der Waals surface area (Å²) in [6.07, 6.45) is 0. The van der Waals surface area contributed by atoms with Gasteiger partial charge in [0.1, 0.15) is 23.0 Å². The van der Waals surface area contributed by atoms with E-state index in [2.05, 4.69) is 6.58 Å². The summed E-state index contributed by atoms with van der Waals surface area (Å²) in [5.74, 6) is 0.521. The molecule has 5 nitrogen and oxygen atoms in total. The van der Waals surface area contributed by atoms with Crippen LogP contribution in [0.15, 0.2) is 27.5 Å². The van der Waals surface area contributed by atoms with Crippen LogP contribution in [0.1, 0.15) is 18.4 Å². The Hall–Kier alpha value is -1.11. The highest BCUT2D eigenvalue weighted by atomic mass is 32.2. The SMILES string of the molecule is C=C(C)CN(C)S(=O)(=O)c1cc(CO)oc1C. The third-order valence-electron chi connectivity index (χ3n) is 2.26.